The number of urea groups is 1. The van der Waals surface area contributed by atoms with Gasteiger partial charge in [-0.15, -0.1) is 0 Å². The molecule has 110 valence electrons. The summed E-state index contributed by atoms with van der Waals surface area (Å²) in [6, 6.07) is 3.42. The Labute approximate surface area is 130 Å². The number of aliphatic carboxylic acids is 1. The highest BCUT2D eigenvalue weighted by molar-refractivity contribution is 9.10. The first-order valence-corrected chi connectivity index (χ1v) is 7.27. The van der Waals surface area contributed by atoms with Crippen molar-refractivity contribution in [1.82, 2.24) is 5.32 Å². The van der Waals surface area contributed by atoms with Crippen molar-refractivity contribution in [1.29, 1.82) is 0 Å². The summed E-state index contributed by atoms with van der Waals surface area (Å²) < 4.78 is 0.647. The van der Waals surface area contributed by atoms with Crippen molar-refractivity contribution in [2.75, 3.05) is 5.32 Å². The van der Waals surface area contributed by atoms with Crippen LogP contribution >= 0.6 is 27.5 Å². The van der Waals surface area contributed by atoms with E-state index in [0.717, 1.165) is 0 Å². The molecule has 1 aromatic rings. The van der Waals surface area contributed by atoms with Crippen LogP contribution in [0.1, 0.15) is 20.3 Å². The molecule has 1 rings (SSSR count). The van der Waals surface area contributed by atoms with E-state index >= 15 is 0 Å². The molecule has 7 heteroatoms. The van der Waals surface area contributed by atoms with E-state index in [4.69, 9.17) is 16.7 Å². The maximum atomic E-state index is 11.8. The van der Waals surface area contributed by atoms with Crippen molar-refractivity contribution >= 4 is 45.2 Å². The lowest BCUT2D eigenvalue weighted by atomic mass is 9.99. The fourth-order valence-electron chi connectivity index (χ4n) is 1.57. The molecule has 0 bridgehead atoms. The van der Waals surface area contributed by atoms with Gasteiger partial charge in [0.25, 0.3) is 0 Å². The quantitative estimate of drug-likeness (QED) is 0.746. The second kappa shape index (κ2) is 7.50. The van der Waals surface area contributed by atoms with Gasteiger partial charge in [-0.05, 0) is 40.0 Å². The van der Waals surface area contributed by atoms with Gasteiger partial charge in [0.2, 0.25) is 0 Å². The molecule has 0 aliphatic carbocycles. The molecule has 5 nitrogen and oxygen atoms in total. The molecular weight excluding hydrogens is 348 g/mol. The average Bonchev–Trinajstić information content (AvgIpc) is 2.39. The van der Waals surface area contributed by atoms with Gasteiger partial charge in [0.1, 0.15) is 6.04 Å². The number of rotatable bonds is 5. The predicted molar refractivity (Wildman–Crippen MR) is 82.2 cm³/mol. The first kappa shape index (κ1) is 16.8. The van der Waals surface area contributed by atoms with E-state index in [9.17, 15) is 9.59 Å². The van der Waals surface area contributed by atoms with Gasteiger partial charge < -0.3 is 15.7 Å². The zero-order valence-corrected chi connectivity index (χ0v) is 13.5. The number of carboxylic acid groups (broad SMARTS) is 1. The van der Waals surface area contributed by atoms with Gasteiger partial charge >= 0.3 is 12.0 Å². The van der Waals surface area contributed by atoms with Gasteiger partial charge in [0.15, 0.2) is 0 Å². The minimum Gasteiger partial charge on any atom is -0.480 e. The first-order valence-electron chi connectivity index (χ1n) is 6.10. The lowest BCUT2D eigenvalue weighted by Gasteiger charge is -2.20. The van der Waals surface area contributed by atoms with Crippen LogP contribution in [0.2, 0.25) is 5.02 Å². The number of carbonyl (C=O) groups excluding carboxylic acids is 1. The Bertz CT molecular complexity index is 510. The molecule has 0 heterocycles. The normalized spacial score (nSPS) is 13.4. The lowest BCUT2D eigenvalue weighted by molar-refractivity contribution is -0.140. The predicted octanol–water partition coefficient (Wildman–Crippen LogP) is 3.72. The van der Waals surface area contributed by atoms with Crippen molar-refractivity contribution < 1.29 is 14.7 Å². The van der Waals surface area contributed by atoms with Crippen LogP contribution in [0, 0.1) is 5.92 Å². The Morgan fingerprint density at radius 1 is 1.45 bits per heavy atom. The molecule has 1 unspecified atom stereocenters. The van der Waals surface area contributed by atoms with Crippen molar-refractivity contribution in [2.24, 2.45) is 5.92 Å². The summed E-state index contributed by atoms with van der Waals surface area (Å²) in [4.78, 5) is 22.9. The number of amides is 2. The van der Waals surface area contributed by atoms with E-state index in [-0.39, 0.29) is 5.92 Å². The van der Waals surface area contributed by atoms with Crippen LogP contribution in [-0.2, 0) is 4.79 Å². The molecule has 0 aromatic heterocycles. The SMILES string of the molecule is CCC(C)[C@H](NC(=O)Nc1ccc(Cl)c(Br)c1)C(=O)O. The van der Waals surface area contributed by atoms with Gasteiger partial charge in [-0.3, -0.25) is 0 Å². The molecule has 20 heavy (non-hydrogen) atoms. The smallest absolute Gasteiger partial charge is 0.326 e. The van der Waals surface area contributed by atoms with Gasteiger partial charge in [-0.1, -0.05) is 31.9 Å². The third-order valence-electron chi connectivity index (χ3n) is 2.94. The topological polar surface area (TPSA) is 78.4 Å². The van der Waals surface area contributed by atoms with E-state index < -0.39 is 18.0 Å². The Morgan fingerprint density at radius 2 is 2.10 bits per heavy atom. The highest BCUT2D eigenvalue weighted by Gasteiger charge is 2.25. The van der Waals surface area contributed by atoms with Crippen LogP contribution < -0.4 is 10.6 Å². The third-order valence-corrected chi connectivity index (χ3v) is 4.16. The van der Waals surface area contributed by atoms with Crippen LogP contribution in [0.15, 0.2) is 22.7 Å². The number of carbonyl (C=O) groups is 2. The summed E-state index contributed by atoms with van der Waals surface area (Å²) >= 11 is 9.10. The van der Waals surface area contributed by atoms with Crippen molar-refractivity contribution in [3.05, 3.63) is 27.7 Å². The van der Waals surface area contributed by atoms with Crippen LogP contribution in [0.5, 0.6) is 0 Å². The molecule has 0 saturated carbocycles. The van der Waals surface area contributed by atoms with Gasteiger partial charge in [0.05, 0.1) is 5.02 Å². The summed E-state index contributed by atoms with van der Waals surface area (Å²) in [6.07, 6.45) is 0.656. The minimum atomic E-state index is -1.05. The van der Waals surface area contributed by atoms with Gasteiger partial charge in [-0.2, -0.15) is 0 Å². The zero-order chi connectivity index (χ0) is 15.3. The molecule has 1 aromatic carbocycles. The van der Waals surface area contributed by atoms with Gasteiger partial charge in [0, 0.05) is 10.2 Å². The molecule has 0 aliphatic rings. The van der Waals surface area contributed by atoms with Crippen LogP contribution in [0.4, 0.5) is 10.5 Å². The summed E-state index contributed by atoms with van der Waals surface area (Å²) in [5.41, 5.74) is 0.520. The van der Waals surface area contributed by atoms with E-state index in [0.29, 0.717) is 21.6 Å². The Morgan fingerprint density at radius 3 is 2.60 bits per heavy atom. The number of halogens is 2. The molecule has 0 radical (unpaired) electrons. The first-order chi connectivity index (χ1) is 9.35. The monoisotopic (exact) mass is 362 g/mol. The van der Waals surface area contributed by atoms with Crippen molar-refractivity contribution in [3.63, 3.8) is 0 Å². The lowest BCUT2D eigenvalue weighted by Crippen LogP contribution is -2.46. The van der Waals surface area contributed by atoms with Crippen molar-refractivity contribution in [2.45, 2.75) is 26.3 Å². The Kier molecular flexibility index (Phi) is 6.29. The number of hydrogen-bond acceptors (Lipinski definition) is 2. The number of anilines is 1. The summed E-state index contributed by atoms with van der Waals surface area (Å²) in [6.45, 7) is 3.65. The number of benzene rings is 1. The molecule has 3 N–H and O–H groups in total. The Hall–Kier alpha value is -1.27. The molecular formula is C13H16BrClN2O3. The second-order valence-corrected chi connectivity index (χ2v) is 5.69. The van der Waals surface area contributed by atoms with E-state index in [1.54, 1.807) is 25.1 Å². The maximum Gasteiger partial charge on any atom is 0.326 e. The summed E-state index contributed by atoms with van der Waals surface area (Å²) in [7, 11) is 0. The summed E-state index contributed by atoms with van der Waals surface area (Å²) in [5.74, 6) is -1.21. The Balaban J connectivity index is 2.70. The standard InChI is InChI=1S/C13H16BrClN2O3/c1-3-7(2)11(12(18)19)17-13(20)16-8-4-5-10(15)9(14)6-8/h4-7,11H,3H2,1-2H3,(H,18,19)(H2,16,17,20)/t7?,11-/m0/s1. The van der Waals surface area contributed by atoms with Crippen molar-refractivity contribution in [3.8, 4) is 0 Å². The number of nitrogens with one attached hydrogen (secondary N) is 2. The fraction of sp³-hybridized carbons (Fsp3) is 0.385. The van der Waals surface area contributed by atoms with E-state index in [2.05, 4.69) is 26.6 Å². The molecule has 0 spiro atoms. The number of hydrogen-bond donors (Lipinski definition) is 3. The molecule has 0 saturated heterocycles. The third kappa shape index (κ3) is 4.68. The minimum absolute atomic E-state index is 0.157. The zero-order valence-electron chi connectivity index (χ0n) is 11.1. The molecule has 0 fully saturated rings. The average molecular weight is 364 g/mol. The molecule has 2 atom stereocenters. The number of carboxylic acids is 1. The molecule has 2 amide bonds. The molecule has 0 aliphatic heterocycles. The second-order valence-electron chi connectivity index (χ2n) is 4.43. The highest BCUT2D eigenvalue weighted by Crippen LogP contribution is 2.25. The van der Waals surface area contributed by atoms with Crippen LogP contribution in [0.3, 0.4) is 0 Å². The maximum absolute atomic E-state index is 11.8. The van der Waals surface area contributed by atoms with Crippen LogP contribution in [-0.4, -0.2) is 23.1 Å². The van der Waals surface area contributed by atoms with Gasteiger partial charge in [-0.25, -0.2) is 9.59 Å². The van der Waals surface area contributed by atoms with Crippen LogP contribution in [0.25, 0.3) is 0 Å². The van der Waals surface area contributed by atoms with E-state index in [1.165, 1.54) is 0 Å². The fourth-order valence-corrected chi connectivity index (χ4v) is 2.06. The highest BCUT2D eigenvalue weighted by atomic mass is 79.9. The summed E-state index contributed by atoms with van der Waals surface area (Å²) in [5, 5.41) is 14.7. The van der Waals surface area contributed by atoms with E-state index in [1.807, 2.05) is 6.92 Å². The largest absolute Gasteiger partial charge is 0.480 e.